The first-order chi connectivity index (χ1) is 9.04. The molecule has 4 unspecified atom stereocenters. The van der Waals surface area contributed by atoms with Crippen LogP contribution in [0.3, 0.4) is 0 Å². The highest BCUT2D eigenvalue weighted by molar-refractivity contribution is 9.10. The summed E-state index contributed by atoms with van der Waals surface area (Å²) < 4.78 is 33.6. The summed E-state index contributed by atoms with van der Waals surface area (Å²) in [5.74, 6) is 0.182. The lowest BCUT2D eigenvalue weighted by Crippen LogP contribution is -2.45. The van der Waals surface area contributed by atoms with Gasteiger partial charge in [-0.15, -0.1) is 0 Å². The van der Waals surface area contributed by atoms with Crippen molar-refractivity contribution in [3.05, 3.63) is 28.5 Å². The van der Waals surface area contributed by atoms with Gasteiger partial charge in [-0.1, -0.05) is 0 Å². The highest BCUT2D eigenvalue weighted by atomic mass is 79.9. The Bertz CT molecular complexity index is 485. The second kappa shape index (κ2) is 5.02. The highest BCUT2D eigenvalue weighted by Gasteiger charge is 2.46. The number of alkyl halides is 1. The van der Waals surface area contributed by atoms with Crippen molar-refractivity contribution in [2.45, 2.75) is 43.6 Å². The van der Waals surface area contributed by atoms with Crippen molar-refractivity contribution in [1.29, 1.82) is 0 Å². The van der Waals surface area contributed by atoms with Gasteiger partial charge < -0.3 is 4.74 Å². The quantitative estimate of drug-likeness (QED) is 0.821. The molecule has 4 atom stereocenters. The molecule has 2 aliphatic heterocycles. The van der Waals surface area contributed by atoms with Crippen LogP contribution in [0.5, 0.6) is 5.75 Å². The number of benzene rings is 1. The molecule has 2 nitrogen and oxygen atoms in total. The maximum absolute atomic E-state index is 13.8. The maximum Gasteiger partial charge on any atom is 0.136 e. The molecule has 19 heavy (non-hydrogen) atoms. The van der Waals surface area contributed by atoms with Gasteiger partial charge in [0.15, 0.2) is 0 Å². The van der Waals surface area contributed by atoms with Gasteiger partial charge in [-0.2, -0.15) is 0 Å². The Hall–Kier alpha value is -0.680. The average molecular weight is 332 g/mol. The largest absolute Gasteiger partial charge is 0.489 e. The van der Waals surface area contributed by atoms with Crippen molar-refractivity contribution in [2.75, 3.05) is 7.05 Å². The molecule has 1 aromatic carbocycles. The second-order valence-electron chi connectivity index (χ2n) is 5.42. The van der Waals surface area contributed by atoms with Gasteiger partial charge in [-0.25, -0.2) is 8.78 Å². The smallest absolute Gasteiger partial charge is 0.136 e. The molecule has 104 valence electrons. The molecule has 2 aliphatic rings. The van der Waals surface area contributed by atoms with E-state index in [2.05, 4.69) is 20.8 Å². The van der Waals surface area contributed by atoms with Crippen LogP contribution >= 0.6 is 15.9 Å². The molecule has 0 amide bonds. The van der Waals surface area contributed by atoms with Crippen molar-refractivity contribution >= 4 is 15.9 Å². The summed E-state index contributed by atoms with van der Waals surface area (Å²) in [6.45, 7) is 0. The predicted molar refractivity (Wildman–Crippen MR) is 72.6 cm³/mol. The van der Waals surface area contributed by atoms with Crippen molar-refractivity contribution in [2.24, 2.45) is 0 Å². The second-order valence-corrected chi connectivity index (χ2v) is 6.28. The Kier molecular flexibility index (Phi) is 3.52. The van der Waals surface area contributed by atoms with Gasteiger partial charge in [-0.3, -0.25) is 4.90 Å². The molecule has 0 saturated carbocycles. The van der Waals surface area contributed by atoms with E-state index in [-0.39, 0.29) is 24.0 Å². The third-order valence-corrected chi connectivity index (χ3v) is 4.90. The number of hydrogen-bond acceptors (Lipinski definition) is 2. The third kappa shape index (κ3) is 2.50. The molecule has 2 bridgehead atoms. The number of piperidine rings is 1. The van der Waals surface area contributed by atoms with Crippen LogP contribution in [0, 0.1) is 5.82 Å². The van der Waals surface area contributed by atoms with Crippen LogP contribution in [0.1, 0.15) is 19.3 Å². The first-order valence-electron chi connectivity index (χ1n) is 6.52. The summed E-state index contributed by atoms with van der Waals surface area (Å²) in [6, 6.07) is 4.57. The van der Waals surface area contributed by atoms with Crippen molar-refractivity contribution in [3.63, 3.8) is 0 Å². The number of fused-ring (bicyclic) bond motifs is 2. The van der Waals surface area contributed by atoms with E-state index in [0.717, 1.165) is 10.9 Å². The average Bonchev–Trinajstić information content (AvgIpc) is 2.54. The van der Waals surface area contributed by atoms with E-state index in [1.165, 1.54) is 12.1 Å². The number of ether oxygens (including phenoxy) is 1. The SMILES string of the molecule is CN1C2CC(Oc3cc(F)ccc3Br)CC1C(F)C2. The molecule has 1 aromatic rings. The Morgan fingerprint density at radius 3 is 2.84 bits per heavy atom. The van der Waals surface area contributed by atoms with Gasteiger partial charge in [0.1, 0.15) is 23.8 Å². The zero-order valence-corrected chi connectivity index (χ0v) is 12.2. The van der Waals surface area contributed by atoms with Crippen molar-refractivity contribution < 1.29 is 13.5 Å². The zero-order chi connectivity index (χ0) is 13.6. The van der Waals surface area contributed by atoms with Gasteiger partial charge in [0.25, 0.3) is 0 Å². The zero-order valence-electron chi connectivity index (χ0n) is 10.7. The van der Waals surface area contributed by atoms with E-state index in [1.807, 2.05) is 7.05 Å². The molecule has 0 N–H and O–H groups in total. The molecule has 2 saturated heterocycles. The minimum atomic E-state index is -0.764. The van der Waals surface area contributed by atoms with E-state index in [1.54, 1.807) is 6.07 Å². The lowest BCUT2D eigenvalue weighted by Gasteiger charge is -2.36. The highest BCUT2D eigenvalue weighted by Crippen LogP contribution is 2.38. The summed E-state index contributed by atoms with van der Waals surface area (Å²) >= 11 is 3.35. The lowest BCUT2D eigenvalue weighted by molar-refractivity contribution is 0.0547. The molecule has 0 spiro atoms. The van der Waals surface area contributed by atoms with Gasteiger partial charge in [0.05, 0.1) is 4.47 Å². The number of rotatable bonds is 2. The molecule has 2 fully saturated rings. The monoisotopic (exact) mass is 331 g/mol. The number of hydrogen-bond donors (Lipinski definition) is 0. The minimum absolute atomic E-state index is 0.0370. The van der Waals surface area contributed by atoms with Gasteiger partial charge in [-0.05, 0) is 48.0 Å². The summed E-state index contributed by atoms with van der Waals surface area (Å²) in [7, 11) is 1.98. The summed E-state index contributed by atoms with van der Waals surface area (Å²) in [6.07, 6.45) is 1.25. The molecular weight excluding hydrogens is 316 g/mol. The minimum Gasteiger partial charge on any atom is -0.489 e. The fourth-order valence-electron chi connectivity index (χ4n) is 3.20. The Labute approximate surface area is 119 Å². The summed E-state index contributed by atoms with van der Waals surface area (Å²) in [5.41, 5.74) is 0. The van der Waals surface area contributed by atoms with Crippen molar-refractivity contribution in [1.82, 2.24) is 4.90 Å². The van der Waals surface area contributed by atoms with Crippen LogP contribution in [0.15, 0.2) is 22.7 Å². The van der Waals surface area contributed by atoms with E-state index >= 15 is 0 Å². The molecule has 0 radical (unpaired) electrons. The van der Waals surface area contributed by atoms with Crippen LogP contribution in [0.4, 0.5) is 8.78 Å². The van der Waals surface area contributed by atoms with Crippen LogP contribution in [0.2, 0.25) is 0 Å². The third-order valence-electron chi connectivity index (χ3n) is 4.24. The molecule has 5 heteroatoms. The number of halogens is 3. The predicted octanol–water partition coefficient (Wildman–Crippen LogP) is 3.54. The van der Waals surface area contributed by atoms with E-state index in [9.17, 15) is 8.78 Å². The fourth-order valence-corrected chi connectivity index (χ4v) is 3.54. The topological polar surface area (TPSA) is 12.5 Å². The first-order valence-corrected chi connectivity index (χ1v) is 7.31. The van der Waals surface area contributed by atoms with Crippen molar-refractivity contribution in [3.8, 4) is 5.75 Å². The van der Waals surface area contributed by atoms with Crippen LogP contribution in [-0.4, -0.2) is 36.3 Å². The standard InChI is InChI=1S/C14H16BrF2NO/c1-18-9-5-10(7-13(18)12(17)6-9)19-14-4-8(16)2-3-11(14)15/h2-4,9-10,12-13H,5-7H2,1H3. The Morgan fingerprint density at radius 1 is 1.32 bits per heavy atom. The molecule has 2 heterocycles. The Balaban J connectivity index is 1.73. The van der Waals surface area contributed by atoms with E-state index in [4.69, 9.17) is 4.74 Å². The summed E-state index contributed by atoms with van der Waals surface area (Å²) in [4.78, 5) is 2.12. The van der Waals surface area contributed by atoms with Gasteiger partial charge in [0.2, 0.25) is 0 Å². The summed E-state index contributed by atoms with van der Waals surface area (Å²) in [5, 5.41) is 0. The number of nitrogens with zero attached hydrogens (tertiary/aromatic N) is 1. The van der Waals surface area contributed by atoms with E-state index < -0.39 is 6.17 Å². The Morgan fingerprint density at radius 2 is 2.11 bits per heavy atom. The normalized spacial score (nSPS) is 34.5. The fraction of sp³-hybridized carbons (Fsp3) is 0.571. The van der Waals surface area contributed by atoms with E-state index in [0.29, 0.717) is 18.6 Å². The molecule has 0 aromatic heterocycles. The lowest BCUT2D eigenvalue weighted by atomic mass is 10.0. The van der Waals surface area contributed by atoms with Gasteiger partial charge in [0, 0.05) is 24.6 Å². The van der Waals surface area contributed by atoms with Gasteiger partial charge >= 0.3 is 0 Å². The van der Waals surface area contributed by atoms with Crippen LogP contribution < -0.4 is 4.74 Å². The maximum atomic E-state index is 13.8. The van der Waals surface area contributed by atoms with Crippen LogP contribution in [0.25, 0.3) is 0 Å². The molecular formula is C14H16BrF2NO. The first kappa shape index (κ1) is 13.3. The van der Waals surface area contributed by atoms with Crippen LogP contribution in [-0.2, 0) is 0 Å². The molecule has 0 aliphatic carbocycles. The molecule has 3 rings (SSSR count).